The Morgan fingerprint density at radius 1 is 1.04 bits per heavy atom. The molecule has 0 saturated carbocycles. The van der Waals surface area contributed by atoms with Crippen molar-refractivity contribution in [2.45, 2.75) is 26.2 Å². The largest absolute Gasteiger partial charge is 0.494 e. The minimum absolute atomic E-state index is 0.418. The van der Waals surface area contributed by atoms with Gasteiger partial charge >= 0.3 is 5.97 Å². The predicted octanol–water partition coefficient (Wildman–Crippen LogP) is 5.21. The second kappa shape index (κ2) is 9.60. The quantitative estimate of drug-likeness (QED) is 0.217. The Balaban J connectivity index is 1.91. The molecule has 0 aromatic heterocycles. The van der Waals surface area contributed by atoms with Gasteiger partial charge in [0.2, 0.25) is 0 Å². The van der Waals surface area contributed by atoms with E-state index in [-0.39, 0.29) is 0 Å². The summed E-state index contributed by atoms with van der Waals surface area (Å²) in [5.74, 6) is 0.784. The number of nitrogens with zero attached hydrogens (tertiary/aromatic N) is 1. The summed E-state index contributed by atoms with van der Waals surface area (Å²) in [7, 11) is 0. The van der Waals surface area contributed by atoms with Crippen LogP contribution in [0.4, 0.5) is 5.69 Å². The lowest BCUT2D eigenvalue weighted by atomic mass is 10.2. The first-order chi connectivity index (χ1) is 11.7. The van der Waals surface area contributed by atoms with E-state index in [4.69, 9.17) is 9.47 Å². The molecule has 4 nitrogen and oxygen atoms in total. The van der Waals surface area contributed by atoms with Crippen LogP contribution in [-0.2, 0) is 0 Å². The monoisotopic (exact) mass is 341 g/mol. The highest BCUT2D eigenvalue weighted by Gasteiger charge is 2.08. The Morgan fingerprint density at radius 2 is 1.71 bits per heavy atom. The molecular weight excluding hydrogens is 322 g/mol. The molecule has 24 heavy (non-hydrogen) atoms. The summed E-state index contributed by atoms with van der Waals surface area (Å²) in [6.07, 6.45) is 3.34. The van der Waals surface area contributed by atoms with Crippen molar-refractivity contribution >= 4 is 29.0 Å². The molecule has 0 bridgehead atoms. The van der Waals surface area contributed by atoms with Crippen LogP contribution < -0.4 is 9.47 Å². The molecule has 0 N–H and O–H groups in total. The number of isothiocyanates is 1. The molecule has 0 spiro atoms. The normalized spacial score (nSPS) is 9.88. The number of hydrogen-bond acceptors (Lipinski definition) is 5. The molecule has 0 unspecified atom stereocenters. The highest BCUT2D eigenvalue weighted by molar-refractivity contribution is 7.78. The standard InChI is InChI=1S/C19H19NO3S/c1-2-3-4-13-22-17-9-5-15(6-10-17)19(21)23-18-11-7-16(8-12-18)20-14-24/h5-12H,2-4,13H2,1H3. The molecular formula is C19H19NO3S. The predicted molar refractivity (Wildman–Crippen MR) is 97.5 cm³/mol. The van der Waals surface area contributed by atoms with Crippen LogP contribution >= 0.6 is 12.2 Å². The zero-order valence-electron chi connectivity index (χ0n) is 13.5. The van der Waals surface area contributed by atoms with Gasteiger partial charge in [-0.25, -0.2) is 4.79 Å². The highest BCUT2D eigenvalue weighted by atomic mass is 32.1. The molecule has 0 radical (unpaired) electrons. The number of rotatable bonds is 8. The SMILES string of the molecule is CCCCCOc1ccc(C(=O)Oc2ccc(N=C=S)cc2)cc1. The van der Waals surface area contributed by atoms with Gasteiger partial charge in [0, 0.05) is 0 Å². The van der Waals surface area contributed by atoms with Gasteiger partial charge in [-0.1, -0.05) is 19.8 Å². The van der Waals surface area contributed by atoms with Crippen molar-refractivity contribution in [3.63, 3.8) is 0 Å². The lowest BCUT2D eigenvalue weighted by Crippen LogP contribution is -2.08. The molecule has 0 aliphatic heterocycles. The Hall–Kier alpha value is -2.49. The van der Waals surface area contributed by atoms with Crippen LogP contribution in [0.3, 0.4) is 0 Å². The van der Waals surface area contributed by atoms with Gasteiger partial charge in [0.15, 0.2) is 0 Å². The van der Waals surface area contributed by atoms with Gasteiger partial charge in [0.1, 0.15) is 11.5 Å². The van der Waals surface area contributed by atoms with Crippen molar-refractivity contribution < 1.29 is 14.3 Å². The number of unbranched alkanes of at least 4 members (excludes halogenated alkanes) is 2. The van der Waals surface area contributed by atoms with E-state index in [0.29, 0.717) is 23.6 Å². The summed E-state index contributed by atoms with van der Waals surface area (Å²) in [6, 6.07) is 13.7. The Bertz CT molecular complexity index is 704. The van der Waals surface area contributed by atoms with E-state index < -0.39 is 5.97 Å². The van der Waals surface area contributed by atoms with Crippen molar-refractivity contribution in [3.8, 4) is 11.5 Å². The van der Waals surface area contributed by atoms with E-state index in [1.165, 1.54) is 0 Å². The molecule has 2 aromatic carbocycles. The minimum atomic E-state index is -0.418. The summed E-state index contributed by atoms with van der Waals surface area (Å²) in [5.41, 5.74) is 1.13. The number of ether oxygens (including phenoxy) is 2. The number of benzene rings is 2. The van der Waals surface area contributed by atoms with Crippen molar-refractivity contribution in [3.05, 3.63) is 54.1 Å². The molecule has 0 atom stereocenters. The number of hydrogen-bond donors (Lipinski definition) is 0. The van der Waals surface area contributed by atoms with Crippen LogP contribution in [0.5, 0.6) is 11.5 Å². The van der Waals surface area contributed by atoms with E-state index >= 15 is 0 Å². The lowest BCUT2D eigenvalue weighted by molar-refractivity contribution is 0.0734. The van der Waals surface area contributed by atoms with Gasteiger partial charge in [-0.05, 0) is 67.2 Å². The maximum Gasteiger partial charge on any atom is 0.343 e. The number of aliphatic imine (C=N–C) groups is 1. The molecule has 0 heterocycles. The fourth-order valence-corrected chi connectivity index (χ4v) is 2.14. The summed E-state index contributed by atoms with van der Waals surface area (Å²) in [6.45, 7) is 2.84. The maximum absolute atomic E-state index is 12.1. The number of carbonyl (C=O) groups excluding carboxylic acids is 1. The number of thiocarbonyl (C=S) groups is 1. The van der Waals surface area contributed by atoms with Gasteiger partial charge in [0.25, 0.3) is 0 Å². The van der Waals surface area contributed by atoms with Crippen molar-refractivity contribution in [2.75, 3.05) is 6.61 Å². The second-order valence-electron chi connectivity index (χ2n) is 5.17. The third kappa shape index (κ3) is 5.61. The first-order valence-electron chi connectivity index (χ1n) is 7.86. The van der Waals surface area contributed by atoms with Gasteiger partial charge in [0.05, 0.1) is 23.0 Å². The van der Waals surface area contributed by atoms with E-state index in [2.05, 4.69) is 29.3 Å². The first-order valence-corrected chi connectivity index (χ1v) is 8.26. The molecule has 2 rings (SSSR count). The van der Waals surface area contributed by atoms with Crippen LogP contribution in [0.2, 0.25) is 0 Å². The van der Waals surface area contributed by atoms with Crippen LogP contribution in [-0.4, -0.2) is 17.7 Å². The molecule has 2 aromatic rings. The maximum atomic E-state index is 12.1. The Kier molecular flexibility index (Phi) is 7.15. The van der Waals surface area contributed by atoms with E-state index in [1.54, 1.807) is 48.5 Å². The van der Waals surface area contributed by atoms with E-state index in [9.17, 15) is 4.79 Å². The first kappa shape index (κ1) is 17.9. The summed E-state index contributed by atoms with van der Waals surface area (Å²) in [5, 5.41) is 2.29. The summed E-state index contributed by atoms with van der Waals surface area (Å²) >= 11 is 4.54. The van der Waals surface area contributed by atoms with Crippen molar-refractivity contribution in [1.29, 1.82) is 0 Å². The molecule has 124 valence electrons. The van der Waals surface area contributed by atoms with E-state index in [0.717, 1.165) is 25.0 Å². The molecule has 0 saturated heterocycles. The fourth-order valence-electron chi connectivity index (χ4n) is 2.04. The van der Waals surface area contributed by atoms with Gasteiger partial charge in [-0.3, -0.25) is 0 Å². The molecule has 0 aliphatic carbocycles. The minimum Gasteiger partial charge on any atom is -0.494 e. The lowest BCUT2D eigenvalue weighted by Gasteiger charge is -2.07. The van der Waals surface area contributed by atoms with E-state index in [1.807, 2.05) is 0 Å². The average molecular weight is 341 g/mol. The summed E-state index contributed by atoms with van der Waals surface area (Å²) in [4.78, 5) is 16.0. The van der Waals surface area contributed by atoms with Crippen LogP contribution in [0, 0.1) is 0 Å². The topological polar surface area (TPSA) is 47.9 Å². The van der Waals surface area contributed by atoms with Gasteiger partial charge in [-0.15, -0.1) is 0 Å². The van der Waals surface area contributed by atoms with Gasteiger partial charge < -0.3 is 9.47 Å². The third-order valence-corrected chi connectivity index (χ3v) is 3.42. The zero-order valence-corrected chi connectivity index (χ0v) is 14.3. The highest BCUT2D eigenvalue weighted by Crippen LogP contribution is 2.19. The summed E-state index contributed by atoms with van der Waals surface area (Å²) < 4.78 is 10.9. The second-order valence-corrected chi connectivity index (χ2v) is 5.35. The molecule has 0 fully saturated rings. The Labute approximate surface area is 147 Å². The Morgan fingerprint density at radius 3 is 2.33 bits per heavy atom. The fraction of sp³-hybridized carbons (Fsp3) is 0.263. The third-order valence-electron chi connectivity index (χ3n) is 3.33. The average Bonchev–Trinajstić information content (AvgIpc) is 2.61. The van der Waals surface area contributed by atoms with Crippen molar-refractivity contribution in [2.24, 2.45) is 4.99 Å². The molecule has 5 heteroatoms. The van der Waals surface area contributed by atoms with Crippen molar-refractivity contribution in [1.82, 2.24) is 0 Å². The molecule has 0 amide bonds. The number of esters is 1. The molecule has 0 aliphatic rings. The van der Waals surface area contributed by atoms with Crippen LogP contribution in [0.15, 0.2) is 53.5 Å². The van der Waals surface area contributed by atoms with Gasteiger partial charge in [-0.2, -0.15) is 4.99 Å². The number of carbonyl (C=O) groups is 1. The zero-order chi connectivity index (χ0) is 17.2. The van der Waals surface area contributed by atoms with Crippen LogP contribution in [0.1, 0.15) is 36.5 Å². The smallest absolute Gasteiger partial charge is 0.343 e. The van der Waals surface area contributed by atoms with Crippen LogP contribution in [0.25, 0.3) is 0 Å².